The molecule has 1 N–H and O–H groups in total. The summed E-state index contributed by atoms with van der Waals surface area (Å²) in [7, 11) is 0. The number of hydrogen-bond donors (Lipinski definition) is 1. The van der Waals surface area contributed by atoms with Crippen LogP contribution in [0.4, 0.5) is 11.4 Å². The number of thiophene rings is 1. The molecule has 4 rings (SSSR count). The molecular formula is C26H26N2O3S. The van der Waals surface area contributed by atoms with Crippen molar-refractivity contribution in [1.29, 1.82) is 0 Å². The summed E-state index contributed by atoms with van der Waals surface area (Å²) in [5, 5.41) is 5.09. The minimum absolute atomic E-state index is 0.279. The fraction of sp³-hybridized carbons (Fsp3) is 0.231. The Labute approximate surface area is 192 Å². The maximum absolute atomic E-state index is 13.5. The van der Waals surface area contributed by atoms with Gasteiger partial charge in [0.1, 0.15) is 11.4 Å². The molecule has 0 aliphatic carbocycles. The van der Waals surface area contributed by atoms with E-state index in [0.717, 1.165) is 24.1 Å². The van der Waals surface area contributed by atoms with Crippen LogP contribution in [0.1, 0.15) is 37.1 Å². The third kappa shape index (κ3) is 4.46. The first-order chi connectivity index (χ1) is 15.6. The molecule has 1 aliphatic heterocycles. The van der Waals surface area contributed by atoms with Crippen LogP contribution in [-0.2, 0) is 16.0 Å². The van der Waals surface area contributed by atoms with Gasteiger partial charge in [0, 0.05) is 16.6 Å². The average molecular weight is 447 g/mol. The van der Waals surface area contributed by atoms with Crippen LogP contribution in [0.2, 0.25) is 0 Å². The smallest absolute Gasteiger partial charge is 0.282 e. The van der Waals surface area contributed by atoms with Gasteiger partial charge in [0.15, 0.2) is 0 Å². The topological polar surface area (TPSA) is 58.6 Å². The van der Waals surface area contributed by atoms with Crippen LogP contribution in [0, 0.1) is 0 Å². The quantitative estimate of drug-likeness (QED) is 0.417. The van der Waals surface area contributed by atoms with Gasteiger partial charge >= 0.3 is 0 Å². The molecule has 0 saturated heterocycles. The fourth-order valence-corrected chi connectivity index (χ4v) is 4.46. The molecule has 2 amide bonds. The standard InChI is InChI=1S/C26H26N2O3S/c1-3-5-8-18-12-14-20(15-13-18)28-25(29)23(22-11-7-16-32-22)24(26(28)30)27-19-9-6-10-21(17-19)31-4-2/h6-7,9-17,27H,3-5,8H2,1-2H3. The van der Waals surface area contributed by atoms with E-state index in [-0.39, 0.29) is 17.5 Å². The van der Waals surface area contributed by atoms with Crippen LogP contribution in [0.15, 0.2) is 71.7 Å². The predicted octanol–water partition coefficient (Wildman–Crippen LogP) is 5.89. The van der Waals surface area contributed by atoms with E-state index in [9.17, 15) is 9.59 Å². The summed E-state index contributed by atoms with van der Waals surface area (Å²) >= 11 is 1.44. The van der Waals surface area contributed by atoms with Gasteiger partial charge in [-0.25, -0.2) is 4.90 Å². The second kappa shape index (κ2) is 9.83. The zero-order chi connectivity index (χ0) is 22.5. The van der Waals surface area contributed by atoms with Gasteiger partial charge in [-0.05, 0) is 61.0 Å². The highest BCUT2D eigenvalue weighted by Gasteiger charge is 2.40. The van der Waals surface area contributed by atoms with Crippen molar-refractivity contribution in [2.45, 2.75) is 33.1 Å². The Morgan fingerprint density at radius 2 is 1.78 bits per heavy atom. The molecule has 0 saturated carbocycles. The number of ether oxygens (including phenoxy) is 1. The molecule has 3 aromatic rings. The van der Waals surface area contributed by atoms with Crippen molar-refractivity contribution in [3.8, 4) is 5.75 Å². The van der Waals surface area contributed by atoms with E-state index in [4.69, 9.17) is 4.74 Å². The number of hydrogen-bond acceptors (Lipinski definition) is 5. The zero-order valence-electron chi connectivity index (χ0n) is 18.3. The summed E-state index contributed by atoms with van der Waals surface area (Å²) in [5.41, 5.74) is 3.14. The first-order valence-electron chi connectivity index (χ1n) is 10.9. The molecule has 0 fully saturated rings. The second-order valence-corrected chi connectivity index (χ2v) is 8.48. The van der Waals surface area contributed by atoms with Crippen LogP contribution >= 0.6 is 11.3 Å². The number of aryl methyl sites for hydroxylation is 1. The Balaban J connectivity index is 1.67. The van der Waals surface area contributed by atoms with E-state index < -0.39 is 0 Å². The van der Waals surface area contributed by atoms with Crippen LogP contribution in [0.5, 0.6) is 5.75 Å². The van der Waals surface area contributed by atoms with Crippen LogP contribution < -0.4 is 15.0 Å². The Morgan fingerprint density at radius 3 is 2.47 bits per heavy atom. The maximum atomic E-state index is 13.5. The van der Waals surface area contributed by atoms with E-state index in [2.05, 4.69) is 12.2 Å². The third-order valence-corrected chi connectivity index (χ3v) is 6.17. The number of carbonyl (C=O) groups is 2. The number of rotatable bonds is 9. The van der Waals surface area contributed by atoms with Gasteiger partial charge in [0.2, 0.25) is 0 Å². The highest BCUT2D eigenvalue weighted by Crippen LogP contribution is 2.36. The van der Waals surface area contributed by atoms with Gasteiger partial charge in [-0.2, -0.15) is 0 Å². The van der Waals surface area contributed by atoms with Crippen LogP contribution in [0.25, 0.3) is 5.57 Å². The number of nitrogens with zero attached hydrogens (tertiary/aromatic N) is 1. The molecule has 1 aromatic heterocycles. The van der Waals surface area contributed by atoms with E-state index in [0.29, 0.717) is 29.3 Å². The van der Waals surface area contributed by atoms with Crippen molar-refractivity contribution < 1.29 is 14.3 Å². The monoisotopic (exact) mass is 446 g/mol. The van der Waals surface area contributed by atoms with Crippen molar-refractivity contribution in [2.75, 3.05) is 16.8 Å². The molecule has 0 unspecified atom stereocenters. The van der Waals surface area contributed by atoms with Gasteiger partial charge in [-0.15, -0.1) is 11.3 Å². The highest BCUT2D eigenvalue weighted by molar-refractivity contribution is 7.11. The lowest BCUT2D eigenvalue weighted by Gasteiger charge is -2.16. The molecule has 6 heteroatoms. The normalized spacial score (nSPS) is 13.8. The number of amides is 2. The Kier molecular flexibility index (Phi) is 6.71. The van der Waals surface area contributed by atoms with Crippen molar-refractivity contribution in [3.63, 3.8) is 0 Å². The molecule has 32 heavy (non-hydrogen) atoms. The number of carbonyl (C=O) groups excluding carboxylic acids is 2. The summed E-state index contributed by atoms with van der Waals surface area (Å²) in [6, 6.07) is 18.8. The van der Waals surface area contributed by atoms with Gasteiger partial charge in [-0.3, -0.25) is 9.59 Å². The molecule has 0 radical (unpaired) electrons. The summed E-state index contributed by atoms with van der Waals surface area (Å²) in [4.78, 5) is 28.9. The number of anilines is 2. The van der Waals surface area contributed by atoms with Crippen molar-refractivity contribution in [3.05, 3.63) is 82.2 Å². The lowest BCUT2D eigenvalue weighted by molar-refractivity contribution is -0.120. The zero-order valence-corrected chi connectivity index (χ0v) is 19.1. The largest absolute Gasteiger partial charge is 0.494 e. The number of benzene rings is 2. The highest BCUT2D eigenvalue weighted by atomic mass is 32.1. The van der Waals surface area contributed by atoms with Crippen LogP contribution in [0.3, 0.4) is 0 Å². The first-order valence-corrected chi connectivity index (χ1v) is 11.8. The average Bonchev–Trinajstić information content (AvgIpc) is 3.40. The SMILES string of the molecule is CCCCc1ccc(N2C(=O)C(Nc3cccc(OCC)c3)=C(c3cccs3)C2=O)cc1. The number of nitrogens with one attached hydrogen (secondary N) is 1. The lowest BCUT2D eigenvalue weighted by Crippen LogP contribution is -2.32. The van der Waals surface area contributed by atoms with Gasteiger partial charge in [-0.1, -0.05) is 37.6 Å². The second-order valence-electron chi connectivity index (χ2n) is 7.53. The van der Waals surface area contributed by atoms with Crippen molar-refractivity contribution >= 4 is 40.1 Å². The van der Waals surface area contributed by atoms with Gasteiger partial charge in [0.05, 0.1) is 17.9 Å². The molecule has 0 bridgehead atoms. The molecule has 0 spiro atoms. The van der Waals surface area contributed by atoms with Crippen LogP contribution in [-0.4, -0.2) is 18.4 Å². The number of imide groups is 1. The van der Waals surface area contributed by atoms with E-state index in [1.165, 1.54) is 21.8 Å². The van der Waals surface area contributed by atoms with Crippen molar-refractivity contribution in [1.82, 2.24) is 0 Å². The fourth-order valence-electron chi connectivity index (χ4n) is 3.70. The maximum Gasteiger partial charge on any atom is 0.282 e. The minimum Gasteiger partial charge on any atom is -0.494 e. The lowest BCUT2D eigenvalue weighted by atomic mass is 10.1. The van der Waals surface area contributed by atoms with E-state index >= 15 is 0 Å². The van der Waals surface area contributed by atoms with Gasteiger partial charge in [0.25, 0.3) is 11.8 Å². The summed E-state index contributed by atoms with van der Waals surface area (Å²) in [6.07, 6.45) is 3.22. The summed E-state index contributed by atoms with van der Waals surface area (Å²) < 4.78 is 5.57. The molecule has 2 heterocycles. The molecule has 2 aromatic carbocycles. The van der Waals surface area contributed by atoms with Gasteiger partial charge < -0.3 is 10.1 Å². The molecule has 0 atom stereocenters. The first kappa shape index (κ1) is 21.8. The Bertz CT molecular complexity index is 1130. The number of unbranched alkanes of at least 4 members (excludes halogenated alkanes) is 1. The molecule has 5 nitrogen and oxygen atoms in total. The predicted molar refractivity (Wildman–Crippen MR) is 130 cm³/mol. The molecule has 1 aliphatic rings. The molecule has 164 valence electrons. The van der Waals surface area contributed by atoms with E-state index in [1.807, 2.05) is 73.0 Å². The summed E-state index contributed by atoms with van der Waals surface area (Å²) in [6.45, 7) is 4.63. The minimum atomic E-state index is -0.360. The summed E-state index contributed by atoms with van der Waals surface area (Å²) in [5.74, 6) is 0.0239. The molecular weight excluding hydrogens is 420 g/mol. The Hall–Kier alpha value is -3.38. The third-order valence-electron chi connectivity index (χ3n) is 5.28. The Morgan fingerprint density at radius 1 is 0.969 bits per heavy atom. The van der Waals surface area contributed by atoms with E-state index in [1.54, 1.807) is 0 Å². The van der Waals surface area contributed by atoms with Crippen molar-refractivity contribution in [2.24, 2.45) is 0 Å².